The molecule has 0 spiro atoms. The number of nitrogen functional groups attached to an aromatic ring is 1. The Bertz CT molecular complexity index is 973. The first-order chi connectivity index (χ1) is 12.3. The van der Waals surface area contributed by atoms with Gasteiger partial charge in [-0.1, -0.05) is 0 Å². The number of hydrazine groups is 1. The van der Waals surface area contributed by atoms with Crippen LogP contribution >= 0.6 is 0 Å². The molecule has 0 aliphatic carbocycles. The highest BCUT2D eigenvalue weighted by molar-refractivity contribution is 7.90. The van der Waals surface area contributed by atoms with Gasteiger partial charge in [0.05, 0.1) is 5.56 Å². The fourth-order valence-electron chi connectivity index (χ4n) is 1.96. The summed E-state index contributed by atoms with van der Waals surface area (Å²) in [7, 11) is -1.74. The average molecular weight is 375 g/mol. The molecule has 0 aliphatic heterocycles. The van der Waals surface area contributed by atoms with Crippen LogP contribution in [-0.2, 0) is 16.9 Å². The molecule has 0 aromatic carbocycles. The third kappa shape index (κ3) is 4.68. The van der Waals surface area contributed by atoms with Crippen molar-refractivity contribution in [2.75, 3.05) is 6.26 Å². The van der Waals surface area contributed by atoms with Gasteiger partial charge in [0.25, 0.3) is 5.91 Å². The van der Waals surface area contributed by atoms with E-state index < -0.39 is 9.84 Å². The number of pyridine rings is 2. The molecule has 136 valence electrons. The van der Waals surface area contributed by atoms with Crippen molar-refractivity contribution in [1.82, 2.24) is 30.2 Å². The highest BCUT2D eigenvalue weighted by Crippen LogP contribution is 2.17. The third-order valence-corrected chi connectivity index (χ3v) is 4.16. The number of hydrogen-bond donors (Lipinski definition) is 2. The van der Waals surface area contributed by atoms with Crippen LogP contribution in [0.3, 0.4) is 0 Å². The molecule has 3 rings (SSSR count). The van der Waals surface area contributed by atoms with Crippen LogP contribution in [0.25, 0.3) is 11.4 Å². The van der Waals surface area contributed by atoms with Gasteiger partial charge < -0.3 is 4.57 Å². The van der Waals surface area contributed by atoms with E-state index in [1.165, 1.54) is 10.8 Å². The molecule has 26 heavy (non-hydrogen) atoms. The number of amides is 1. The van der Waals surface area contributed by atoms with Crippen molar-refractivity contribution < 1.29 is 13.2 Å². The molecule has 0 fully saturated rings. The zero-order chi connectivity index (χ0) is 19.2. The molecule has 0 aliphatic rings. The number of aromatic nitrogens is 5. The Morgan fingerprint density at radius 3 is 2.23 bits per heavy atom. The molecule has 3 heterocycles. The minimum absolute atomic E-state index is 0.0497. The Labute approximate surface area is 150 Å². The minimum atomic E-state index is -3.35. The summed E-state index contributed by atoms with van der Waals surface area (Å²) in [5.41, 5.74) is 3.19. The van der Waals surface area contributed by atoms with E-state index in [4.69, 9.17) is 5.84 Å². The maximum atomic E-state index is 11.4. The van der Waals surface area contributed by atoms with E-state index in [9.17, 15) is 13.2 Å². The van der Waals surface area contributed by atoms with E-state index in [1.807, 2.05) is 5.43 Å². The number of hydrogen-bond acceptors (Lipinski definition) is 8. The number of sulfone groups is 1. The first-order valence-electron chi connectivity index (χ1n) is 7.25. The molecule has 3 N–H and O–H groups in total. The van der Waals surface area contributed by atoms with Gasteiger partial charge in [-0.2, -0.15) is 0 Å². The van der Waals surface area contributed by atoms with Crippen molar-refractivity contribution in [1.29, 1.82) is 0 Å². The Hall–Kier alpha value is -3.18. The Balaban J connectivity index is 0.000000209. The molecule has 3 aromatic rings. The first kappa shape index (κ1) is 19.1. The number of carbonyl (C=O) groups excluding carboxylic acids is 1. The molecule has 11 heteroatoms. The second kappa shape index (κ2) is 8.27. The van der Waals surface area contributed by atoms with Gasteiger partial charge in [-0.15, -0.1) is 10.2 Å². The second-order valence-electron chi connectivity index (χ2n) is 5.09. The molecule has 0 saturated heterocycles. The van der Waals surface area contributed by atoms with Crippen LogP contribution in [0.4, 0.5) is 0 Å². The normalized spacial score (nSPS) is 10.6. The van der Waals surface area contributed by atoms with Crippen LogP contribution in [0.2, 0.25) is 0 Å². The summed E-state index contributed by atoms with van der Waals surface area (Å²) in [6, 6.07) is 6.85. The highest BCUT2D eigenvalue weighted by Gasteiger charge is 2.18. The summed E-state index contributed by atoms with van der Waals surface area (Å²) in [4.78, 5) is 18.4. The lowest BCUT2D eigenvalue weighted by Gasteiger charge is -2.01. The van der Waals surface area contributed by atoms with Crippen LogP contribution in [0.1, 0.15) is 10.4 Å². The number of nitrogens with zero attached hydrogens (tertiary/aromatic N) is 5. The van der Waals surface area contributed by atoms with Gasteiger partial charge >= 0.3 is 0 Å². The van der Waals surface area contributed by atoms with Crippen molar-refractivity contribution in [3.8, 4) is 11.4 Å². The lowest BCUT2D eigenvalue weighted by Crippen LogP contribution is -2.29. The lowest BCUT2D eigenvalue weighted by atomic mass is 10.3. The molecule has 0 radical (unpaired) electrons. The fraction of sp³-hybridized carbons (Fsp3) is 0.133. The van der Waals surface area contributed by atoms with Gasteiger partial charge in [-0.05, 0) is 24.3 Å². The molecular weight excluding hydrogens is 358 g/mol. The predicted molar refractivity (Wildman–Crippen MR) is 93.2 cm³/mol. The summed E-state index contributed by atoms with van der Waals surface area (Å²) < 4.78 is 24.2. The van der Waals surface area contributed by atoms with Crippen LogP contribution in [-0.4, -0.2) is 45.3 Å². The lowest BCUT2D eigenvalue weighted by molar-refractivity contribution is 0.0953. The minimum Gasteiger partial charge on any atom is -0.301 e. The van der Waals surface area contributed by atoms with E-state index in [1.54, 1.807) is 49.9 Å². The Kier molecular flexibility index (Phi) is 6.09. The molecule has 0 atom stereocenters. The summed E-state index contributed by atoms with van der Waals surface area (Å²) >= 11 is 0. The number of nitrogens with two attached hydrogens (primary N) is 1. The largest absolute Gasteiger partial charge is 0.301 e. The molecule has 0 saturated carbocycles. The van der Waals surface area contributed by atoms with E-state index in [0.717, 1.165) is 11.8 Å². The third-order valence-electron chi connectivity index (χ3n) is 3.14. The maximum Gasteiger partial charge on any atom is 0.266 e. The van der Waals surface area contributed by atoms with Gasteiger partial charge in [-0.25, -0.2) is 14.3 Å². The Morgan fingerprint density at radius 2 is 1.77 bits per heavy atom. The van der Waals surface area contributed by atoms with E-state index in [2.05, 4.69) is 20.2 Å². The second-order valence-corrected chi connectivity index (χ2v) is 7.00. The summed E-state index contributed by atoms with van der Waals surface area (Å²) in [6.45, 7) is 0. The highest BCUT2D eigenvalue weighted by atomic mass is 32.2. The summed E-state index contributed by atoms with van der Waals surface area (Å²) in [6.07, 6.45) is 7.38. The van der Waals surface area contributed by atoms with Crippen LogP contribution in [0, 0.1) is 0 Å². The molecule has 1 amide bonds. The standard InChI is InChI=1S/C9H10N4O2S.C6H7N3O/c1-13-8(7-4-3-5-10-6-7)11-12-9(13)16(2,14)15;7-9-6(10)5-2-1-3-8-4-5/h3-6H,1-2H3;1-4H,7H2,(H,9,10). The molecule has 0 unspecified atom stereocenters. The summed E-state index contributed by atoms with van der Waals surface area (Å²) in [5, 5.41) is 7.46. The monoisotopic (exact) mass is 375 g/mol. The number of carbonyl (C=O) groups is 1. The maximum absolute atomic E-state index is 11.4. The van der Waals surface area contributed by atoms with E-state index in [-0.39, 0.29) is 11.1 Å². The predicted octanol–water partition coefficient (Wildman–Crippen LogP) is -0.0343. The van der Waals surface area contributed by atoms with Crippen LogP contribution in [0.15, 0.2) is 54.2 Å². The van der Waals surface area contributed by atoms with Crippen LogP contribution in [0.5, 0.6) is 0 Å². The van der Waals surface area contributed by atoms with Gasteiger partial charge in [-0.3, -0.25) is 20.2 Å². The van der Waals surface area contributed by atoms with Crippen LogP contribution < -0.4 is 11.3 Å². The Morgan fingerprint density at radius 1 is 1.12 bits per heavy atom. The fourth-order valence-corrected chi connectivity index (χ4v) is 2.74. The van der Waals surface area contributed by atoms with E-state index >= 15 is 0 Å². The number of nitrogens with one attached hydrogen (secondary N) is 1. The van der Waals surface area contributed by atoms with Crippen molar-refractivity contribution in [3.63, 3.8) is 0 Å². The first-order valence-corrected chi connectivity index (χ1v) is 9.14. The van der Waals surface area contributed by atoms with E-state index in [0.29, 0.717) is 11.4 Å². The van der Waals surface area contributed by atoms with Crippen molar-refractivity contribution >= 4 is 15.7 Å². The molecular formula is C15H17N7O3S. The molecule has 0 bridgehead atoms. The smallest absolute Gasteiger partial charge is 0.266 e. The average Bonchev–Trinajstić information content (AvgIpc) is 3.05. The zero-order valence-electron chi connectivity index (χ0n) is 14.1. The van der Waals surface area contributed by atoms with Gasteiger partial charge in [0.2, 0.25) is 15.0 Å². The molecule has 3 aromatic heterocycles. The van der Waals surface area contributed by atoms with Crippen molar-refractivity contribution in [3.05, 3.63) is 54.6 Å². The van der Waals surface area contributed by atoms with Crippen molar-refractivity contribution in [2.45, 2.75) is 5.16 Å². The summed E-state index contributed by atoms with van der Waals surface area (Å²) in [5.74, 6) is 5.03. The SMILES string of the molecule is Cn1c(-c2cccnc2)nnc1S(C)(=O)=O.NNC(=O)c1cccnc1. The van der Waals surface area contributed by atoms with Crippen molar-refractivity contribution in [2.24, 2.45) is 12.9 Å². The van der Waals surface area contributed by atoms with Gasteiger partial charge in [0.1, 0.15) is 0 Å². The number of rotatable bonds is 3. The van der Waals surface area contributed by atoms with Gasteiger partial charge in [0, 0.05) is 43.7 Å². The topological polar surface area (TPSA) is 146 Å². The zero-order valence-corrected chi connectivity index (χ0v) is 14.9. The van der Waals surface area contributed by atoms with Gasteiger partial charge in [0.15, 0.2) is 5.82 Å². The molecule has 10 nitrogen and oxygen atoms in total. The quantitative estimate of drug-likeness (QED) is 0.368.